The maximum absolute atomic E-state index is 13.3. The second-order valence-corrected chi connectivity index (χ2v) is 6.12. The average Bonchev–Trinajstić information content (AvgIpc) is 2.27. The van der Waals surface area contributed by atoms with Gasteiger partial charge in [0, 0.05) is 18.7 Å². The van der Waals surface area contributed by atoms with E-state index in [1.165, 1.54) is 12.1 Å². The highest BCUT2D eigenvalue weighted by molar-refractivity contribution is 5.93. The molecular formula is C16H24FNO. The molecule has 1 aromatic carbocycles. The van der Waals surface area contributed by atoms with Crippen LogP contribution in [-0.4, -0.2) is 12.5 Å². The number of anilines is 1. The first-order chi connectivity index (χ1) is 8.83. The number of carbonyl (C=O) groups is 1. The molecule has 3 heteroatoms. The lowest BCUT2D eigenvalue weighted by atomic mass is 9.91. The molecule has 1 aromatic rings. The molecule has 106 valence electrons. The Morgan fingerprint density at radius 1 is 1.32 bits per heavy atom. The molecule has 0 saturated heterocycles. The van der Waals surface area contributed by atoms with Crippen molar-refractivity contribution in [3.05, 3.63) is 30.1 Å². The van der Waals surface area contributed by atoms with Crippen molar-refractivity contribution >= 4 is 11.6 Å². The molecule has 19 heavy (non-hydrogen) atoms. The Balaban J connectivity index is 2.91. The number of rotatable bonds is 5. The molecule has 0 saturated carbocycles. The van der Waals surface area contributed by atoms with E-state index in [1.54, 1.807) is 17.0 Å². The minimum absolute atomic E-state index is 0.0606. The third-order valence-electron chi connectivity index (χ3n) is 2.84. The van der Waals surface area contributed by atoms with E-state index >= 15 is 0 Å². The molecule has 0 aliphatic carbocycles. The molecule has 0 unspecified atom stereocenters. The zero-order valence-electron chi connectivity index (χ0n) is 12.4. The van der Waals surface area contributed by atoms with Crippen molar-refractivity contribution < 1.29 is 9.18 Å². The Morgan fingerprint density at radius 2 is 2.00 bits per heavy atom. The summed E-state index contributed by atoms with van der Waals surface area (Å²) in [5.74, 6) is -0.242. The van der Waals surface area contributed by atoms with Crippen LogP contribution in [0, 0.1) is 11.2 Å². The molecule has 0 radical (unpaired) electrons. The van der Waals surface area contributed by atoms with Gasteiger partial charge in [0.25, 0.3) is 0 Å². The molecule has 0 aromatic heterocycles. The van der Waals surface area contributed by atoms with Crippen LogP contribution in [0.2, 0.25) is 0 Å². The highest BCUT2D eigenvalue weighted by Crippen LogP contribution is 2.24. The van der Waals surface area contributed by atoms with Crippen molar-refractivity contribution in [1.82, 2.24) is 0 Å². The van der Waals surface area contributed by atoms with Crippen LogP contribution < -0.4 is 4.90 Å². The van der Waals surface area contributed by atoms with E-state index in [9.17, 15) is 9.18 Å². The van der Waals surface area contributed by atoms with Crippen LogP contribution in [0.5, 0.6) is 0 Å². The molecular weight excluding hydrogens is 241 g/mol. The van der Waals surface area contributed by atoms with Crippen LogP contribution in [0.3, 0.4) is 0 Å². The number of halogens is 1. The Hall–Kier alpha value is -1.38. The van der Waals surface area contributed by atoms with E-state index in [0.29, 0.717) is 18.7 Å². The largest absolute Gasteiger partial charge is 0.312 e. The topological polar surface area (TPSA) is 20.3 Å². The van der Waals surface area contributed by atoms with E-state index < -0.39 is 0 Å². The molecule has 1 rings (SSSR count). The van der Waals surface area contributed by atoms with E-state index in [-0.39, 0.29) is 17.1 Å². The highest BCUT2D eigenvalue weighted by atomic mass is 19.1. The Labute approximate surface area is 115 Å². The summed E-state index contributed by atoms with van der Waals surface area (Å²) in [7, 11) is 0. The third kappa shape index (κ3) is 5.41. The minimum Gasteiger partial charge on any atom is -0.312 e. The first-order valence-electron chi connectivity index (χ1n) is 6.89. The molecule has 0 heterocycles. The standard InChI is InChI=1S/C16H24FNO/c1-5-6-10-18(15(19)12-16(2,3)4)14-9-7-8-13(17)11-14/h7-9,11H,5-6,10,12H2,1-4H3. The molecule has 2 nitrogen and oxygen atoms in total. The fourth-order valence-electron chi connectivity index (χ4n) is 1.91. The van der Waals surface area contributed by atoms with Crippen LogP contribution in [0.4, 0.5) is 10.1 Å². The van der Waals surface area contributed by atoms with Gasteiger partial charge in [-0.25, -0.2) is 4.39 Å². The summed E-state index contributed by atoms with van der Waals surface area (Å²) in [5, 5.41) is 0. The lowest BCUT2D eigenvalue weighted by molar-refractivity contribution is -0.120. The molecule has 0 aliphatic rings. The SMILES string of the molecule is CCCCN(C(=O)CC(C)(C)C)c1cccc(F)c1. The van der Waals surface area contributed by atoms with Gasteiger partial charge in [-0.2, -0.15) is 0 Å². The number of hydrogen-bond donors (Lipinski definition) is 0. The maximum atomic E-state index is 13.3. The minimum atomic E-state index is -0.303. The predicted molar refractivity (Wildman–Crippen MR) is 77.7 cm³/mol. The summed E-state index contributed by atoms with van der Waals surface area (Å²) in [6.45, 7) is 8.84. The molecule has 0 N–H and O–H groups in total. The van der Waals surface area contributed by atoms with Gasteiger partial charge in [-0.15, -0.1) is 0 Å². The fourth-order valence-corrected chi connectivity index (χ4v) is 1.91. The van der Waals surface area contributed by atoms with Gasteiger partial charge in [-0.3, -0.25) is 4.79 Å². The van der Waals surface area contributed by atoms with Crippen molar-refractivity contribution in [3.8, 4) is 0 Å². The number of hydrogen-bond acceptors (Lipinski definition) is 1. The van der Waals surface area contributed by atoms with E-state index in [1.807, 2.05) is 20.8 Å². The number of amides is 1. The summed E-state index contributed by atoms with van der Waals surface area (Å²) in [6.07, 6.45) is 2.40. The normalized spacial score (nSPS) is 11.4. The summed E-state index contributed by atoms with van der Waals surface area (Å²) in [5.41, 5.74) is 0.595. The number of benzene rings is 1. The Morgan fingerprint density at radius 3 is 2.53 bits per heavy atom. The van der Waals surface area contributed by atoms with Crippen molar-refractivity contribution in [2.75, 3.05) is 11.4 Å². The van der Waals surface area contributed by atoms with Crippen molar-refractivity contribution in [3.63, 3.8) is 0 Å². The fraction of sp³-hybridized carbons (Fsp3) is 0.562. The molecule has 0 aliphatic heterocycles. The van der Waals surface area contributed by atoms with Crippen molar-refractivity contribution in [2.45, 2.75) is 47.0 Å². The lowest BCUT2D eigenvalue weighted by Crippen LogP contribution is -2.34. The molecule has 0 atom stereocenters. The average molecular weight is 265 g/mol. The zero-order chi connectivity index (χ0) is 14.5. The molecule has 0 spiro atoms. The van der Waals surface area contributed by atoms with Crippen molar-refractivity contribution in [1.29, 1.82) is 0 Å². The Kier molecular flexibility index (Phi) is 5.52. The van der Waals surface area contributed by atoms with Gasteiger partial charge in [0.1, 0.15) is 5.82 Å². The van der Waals surface area contributed by atoms with Gasteiger partial charge in [-0.05, 0) is 30.0 Å². The van der Waals surface area contributed by atoms with Crippen LogP contribution in [-0.2, 0) is 4.79 Å². The second-order valence-electron chi connectivity index (χ2n) is 6.12. The summed E-state index contributed by atoms with van der Waals surface area (Å²) in [4.78, 5) is 14.1. The Bertz CT molecular complexity index is 423. The lowest BCUT2D eigenvalue weighted by Gasteiger charge is -2.27. The molecule has 0 fully saturated rings. The van der Waals surface area contributed by atoms with Gasteiger partial charge in [0.2, 0.25) is 5.91 Å². The second kappa shape index (κ2) is 6.69. The summed E-state index contributed by atoms with van der Waals surface area (Å²) >= 11 is 0. The van der Waals surface area contributed by atoms with Crippen molar-refractivity contribution in [2.24, 2.45) is 5.41 Å². The van der Waals surface area contributed by atoms with Gasteiger partial charge in [0.05, 0.1) is 0 Å². The zero-order valence-corrected chi connectivity index (χ0v) is 12.4. The van der Waals surface area contributed by atoms with Gasteiger partial charge >= 0.3 is 0 Å². The van der Waals surface area contributed by atoms with Gasteiger partial charge in [0.15, 0.2) is 0 Å². The van der Waals surface area contributed by atoms with Gasteiger partial charge in [-0.1, -0.05) is 40.2 Å². The maximum Gasteiger partial charge on any atom is 0.227 e. The molecule has 0 bridgehead atoms. The number of nitrogens with zero attached hydrogens (tertiary/aromatic N) is 1. The van der Waals surface area contributed by atoms with Gasteiger partial charge < -0.3 is 4.90 Å². The van der Waals surface area contributed by atoms with E-state index in [0.717, 1.165) is 12.8 Å². The molecule has 1 amide bonds. The monoisotopic (exact) mass is 265 g/mol. The smallest absolute Gasteiger partial charge is 0.227 e. The number of carbonyl (C=O) groups excluding carboxylic acids is 1. The number of unbranched alkanes of at least 4 members (excludes halogenated alkanes) is 1. The van der Waals surface area contributed by atoms with Crippen LogP contribution in [0.15, 0.2) is 24.3 Å². The summed E-state index contributed by atoms with van der Waals surface area (Å²) in [6, 6.07) is 6.26. The first kappa shape index (κ1) is 15.7. The van der Waals surface area contributed by atoms with Crippen LogP contribution >= 0.6 is 0 Å². The van der Waals surface area contributed by atoms with E-state index in [4.69, 9.17) is 0 Å². The predicted octanol–water partition coefficient (Wildman–Crippen LogP) is 4.40. The quantitative estimate of drug-likeness (QED) is 0.773. The van der Waals surface area contributed by atoms with Crippen LogP contribution in [0.25, 0.3) is 0 Å². The highest BCUT2D eigenvalue weighted by Gasteiger charge is 2.22. The van der Waals surface area contributed by atoms with E-state index in [2.05, 4.69) is 6.92 Å². The first-order valence-corrected chi connectivity index (χ1v) is 6.89. The summed E-state index contributed by atoms with van der Waals surface area (Å²) < 4.78 is 13.3. The third-order valence-corrected chi connectivity index (χ3v) is 2.84. The van der Waals surface area contributed by atoms with Crippen LogP contribution in [0.1, 0.15) is 47.0 Å².